The number of nitrogens with two attached hydrogens (primary N) is 1. The van der Waals surface area contributed by atoms with Crippen molar-refractivity contribution in [1.29, 1.82) is 0 Å². The van der Waals surface area contributed by atoms with Gasteiger partial charge in [0.05, 0.1) is 10.6 Å². The van der Waals surface area contributed by atoms with Gasteiger partial charge in [0.15, 0.2) is 5.13 Å². The molecule has 0 fully saturated rings. The van der Waals surface area contributed by atoms with Gasteiger partial charge in [-0.2, -0.15) is 0 Å². The summed E-state index contributed by atoms with van der Waals surface area (Å²) in [5.41, 5.74) is 8.95. The minimum Gasteiger partial charge on any atom is -0.375 e. The smallest absolute Gasteiger partial charge is 0.180 e. The van der Waals surface area contributed by atoms with E-state index >= 15 is 0 Å². The van der Waals surface area contributed by atoms with E-state index in [9.17, 15) is 0 Å². The molecule has 0 radical (unpaired) electrons. The maximum atomic E-state index is 5.71. The highest BCUT2D eigenvalue weighted by atomic mass is 32.1. The van der Waals surface area contributed by atoms with Crippen molar-refractivity contribution in [2.45, 2.75) is 26.7 Å². The van der Waals surface area contributed by atoms with Gasteiger partial charge in [-0.3, -0.25) is 4.98 Å². The van der Waals surface area contributed by atoms with Crippen molar-refractivity contribution < 1.29 is 0 Å². The van der Waals surface area contributed by atoms with Gasteiger partial charge in [-0.05, 0) is 30.5 Å². The molecule has 2 N–H and O–H groups in total. The molecule has 0 unspecified atom stereocenters. The lowest BCUT2D eigenvalue weighted by atomic mass is 10.1. The van der Waals surface area contributed by atoms with Crippen molar-refractivity contribution in [3.63, 3.8) is 0 Å². The van der Waals surface area contributed by atoms with E-state index in [1.807, 2.05) is 19.2 Å². The molecule has 0 saturated heterocycles. The van der Waals surface area contributed by atoms with Crippen LogP contribution in [0.4, 0.5) is 5.13 Å². The molecule has 0 aliphatic rings. The summed E-state index contributed by atoms with van der Waals surface area (Å²) in [6.45, 7) is 6.26. The van der Waals surface area contributed by atoms with Crippen LogP contribution in [0, 0.1) is 6.92 Å². The SMILES string of the molecule is Cc1nc(N)sc1-c1ccnc(C(C)C)c1. The second-order valence-electron chi connectivity index (χ2n) is 4.09. The highest BCUT2D eigenvalue weighted by molar-refractivity contribution is 7.18. The Balaban J connectivity index is 2.48. The van der Waals surface area contributed by atoms with Gasteiger partial charge < -0.3 is 5.73 Å². The van der Waals surface area contributed by atoms with Crippen molar-refractivity contribution in [3.8, 4) is 10.4 Å². The van der Waals surface area contributed by atoms with Gasteiger partial charge in [0.1, 0.15) is 0 Å². The fourth-order valence-corrected chi connectivity index (χ4v) is 2.42. The Morgan fingerprint density at radius 3 is 2.69 bits per heavy atom. The Bertz CT molecular complexity index is 503. The van der Waals surface area contributed by atoms with Gasteiger partial charge in [-0.25, -0.2) is 4.98 Å². The summed E-state index contributed by atoms with van der Waals surface area (Å²) in [7, 11) is 0. The lowest BCUT2D eigenvalue weighted by molar-refractivity contribution is 0.823. The highest BCUT2D eigenvalue weighted by Crippen LogP contribution is 2.31. The number of rotatable bonds is 2. The van der Waals surface area contributed by atoms with E-state index in [-0.39, 0.29) is 0 Å². The molecule has 2 aromatic rings. The van der Waals surface area contributed by atoms with E-state index in [1.54, 1.807) is 0 Å². The monoisotopic (exact) mass is 233 g/mol. The van der Waals surface area contributed by atoms with Gasteiger partial charge in [0.2, 0.25) is 0 Å². The topological polar surface area (TPSA) is 51.8 Å². The average Bonchev–Trinajstić information content (AvgIpc) is 2.58. The molecule has 2 heterocycles. The van der Waals surface area contributed by atoms with Crippen molar-refractivity contribution in [1.82, 2.24) is 9.97 Å². The second kappa shape index (κ2) is 4.22. The molecule has 2 rings (SSSR count). The maximum Gasteiger partial charge on any atom is 0.180 e. The lowest BCUT2D eigenvalue weighted by Crippen LogP contribution is -1.92. The molecule has 0 aromatic carbocycles. The molecule has 84 valence electrons. The zero-order chi connectivity index (χ0) is 11.7. The van der Waals surface area contributed by atoms with E-state index in [0.717, 1.165) is 21.8 Å². The third kappa shape index (κ3) is 2.07. The molecule has 0 saturated carbocycles. The van der Waals surface area contributed by atoms with Crippen LogP contribution in [-0.2, 0) is 0 Å². The summed E-state index contributed by atoms with van der Waals surface area (Å²) in [6.07, 6.45) is 1.85. The molecule has 0 amide bonds. The summed E-state index contributed by atoms with van der Waals surface area (Å²) >= 11 is 1.53. The third-order valence-electron chi connectivity index (χ3n) is 2.45. The standard InChI is InChI=1S/C12H15N3S/c1-7(2)10-6-9(4-5-14-10)11-8(3)15-12(13)16-11/h4-7H,1-3H3,(H2,13,15). The third-order valence-corrected chi connectivity index (χ3v) is 3.48. The number of hydrogen-bond acceptors (Lipinski definition) is 4. The number of pyridine rings is 1. The number of nitrogens with zero attached hydrogens (tertiary/aromatic N) is 2. The average molecular weight is 233 g/mol. The first-order chi connectivity index (χ1) is 7.58. The normalized spacial score (nSPS) is 11.0. The fraction of sp³-hybridized carbons (Fsp3) is 0.333. The molecule has 4 heteroatoms. The predicted molar refractivity (Wildman–Crippen MR) is 68.6 cm³/mol. The van der Waals surface area contributed by atoms with Crippen LogP contribution in [0.1, 0.15) is 31.2 Å². The van der Waals surface area contributed by atoms with E-state index in [2.05, 4.69) is 29.9 Å². The lowest BCUT2D eigenvalue weighted by Gasteiger charge is -2.05. The minimum absolute atomic E-state index is 0.436. The van der Waals surface area contributed by atoms with Crippen molar-refractivity contribution >= 4 is 16.5 Å². The first-order valence-corrected chi connectivity index (χ1v) is 6.09. The Morgan fingerprint density at radius 1 is 1.38 bits per heavy atom. The molecule has 2 aromatic heterocycles. The van der Waals surface area contributed by atoms with Crippen LogP contribution in [0.15, 0.2) is 18.3 Å². The number of thiazole rings is 1. The Kier molecular flexibility index (Phi) is 2.92. The van der Waals surface area contributed by atoms with E-state index in [1.165, 1.54) is 11.3 Å². The number of aryl methyl sites for hydroxylation is 1. The zero-order valence-electron chi connectivity index (χ0n) is 9.69. The summed E-state index contributed by atoms with van der Waals surface area (Å²) in [5.74, 6) is 0.436. The van der Waals surface area contributed by atoms with Crippen LogP contribution in [0.5, 0.6) is 0 Å². The van der Waals surface area contributed by atoms with Crippen LogP contribution in [0.2, 0.25) is 0 Å². The summed E-state index contributed by atoms with van der Waals surface area (Å²) in [6, 6.07) is 4.12. The van der Waals surface area contributed by atoms with Gasteiger partial charge >= 0.3 is 0 Å². The predicted octanol–water partition coefficient (Wildman–Crippen LogP) is 3.22. The maximum absolute atomic E-state index is 5.71. The molecule has 3 nitrogen and oxygen atoms in total. The van der Waals surface area contributed by atoms with Gasteiger partial charge in [0.25, 0.3) is 0 Å². The Morgan fingerprint density at radius 2 is 2.12 bits per heavy atom. The minimum atomic E-state index is 0.436. The number of anilines is 1. The van der Waals surface area contributed by atoms with Crippen molar-refractivity contribution in [2.75, 3.05) is 5.73 Å². The summed E-state index contributed by atoms with van der Waals surface area (Å²) in [5, 5.41) is 0.621. The van der Waals surface area contributed by atoms with Gasteiger partial charge in [-0.1, -0.05) is 25.2 Å². The number of nitrogen functional groups attached to an aromatic ring is 1. The molecule has 16 heavy (non-hydrogen) atoms. The molecule has 0 atom stereocenters. The fourth-order valence-electron chi connectivity index (χ4n) is 1.59. The second-order valence-corrected chi connectivity index (χ2v) is 5.12. The van der Waals surface area contributed by atoms with Crippen molar-refractivity contribution in [2.24, 2.45) is 0 Å². The Labute approximate surface area is 99.4 Å². The largest absolute Gasteiger partial charge is 0.375 e. The summed E-state index contributed by atoms with van der Waals surface area (Å²) < 4.78 is 0. The van der Waals surface area contributed by atoms with Gasteiger partial charge in [-0.15, -0.1) is 0 Å². The number of hydrogen-bond donors (Lipinski definition) is 1. The van der Waals surface area contributed by atoms with Gasteiger partial charge in [0, 0.05) is 11.9 Å². The molecular formula is C12H15N3S. The zero-order valence-corrected chi connectivity index (χ0v) is 10.5. The quantitative estimate of drug-likeness (QED) is 0.866. The van der Waals surface area contributed by atoms with Crippen LogP contribution >= 0.6 is 11.3 Å². The molecule has 0 bridgehead atoms. The molecule has 0 aliphatic heterocycles. The van der Waals surface area contributed by atoms with Crippen LogP contribution < -0.4 is 5.73 Å². The molecule has 0 spiro atoms. The number of aromatic nitrogens is 2. The molecule has 0 aliphatic carbocycles. The first-order valence-electron chi connectivity index (χ1n) is 5.27. The van der Waals surface area contributed by atoms with Crippen LogP contribution in [0.25, 0.3) is 10.4 Å². The molecular weight excluding hydrogens is 218 g/mol. The van der Waals surface area contributed by atoms with Crippen molar-refractivity contribution in [3.05, 3.63) is 29.7 Å². The van der Waals surface area contributed by atoms with E-state index in [4.69, 9.17) is 5.73 Å². The summed E-state index contributed by atoms with van der Waals surface area (Å²) in [4.78, 5) is 9.73. The van der Waals surface area contributed by atoms with E-state index < -0.39 is 0 Å². The van der Waals surface area contributed by atoms with E-state index in [0.29, 0.717) is 11.0 Å². The van der Waals surface area contributed by atoms with Crippen LogP contribution in [0.3, 0.4) is 0 Å². The highest BCUT2D eigenvalue weighted by Gasteiger charge is 2.09. The van der Waals surface area contributed by atoms with Crippen LogP contribution in [-0.4, -0.2) is 9.97 Å². The Hall–Kier alpha value is -1.42. The first kappa shape index (κ1) is 11.1.